The van der Waals surface area contributed by atoms with E-state index in [2.05, 4.69) is 23.5 Å². The summed E-state index contributed by atoms with van der Waals surface area (Å²) in [4.78, 5) is 24.8. The van der Waals surface area contributed by atoms with Gasteiger partial charge in [0, 0.05) is 18.6 Å². The Morgan fingerprint density at radius 1 is 1.56 bits per heavy atom. The van der Waals surface area contributed by atoms with Crippen molar-refractivity contribution in [2.45, 2.75) is 13.3 Å². The van der Waals surface area contributed by atoms with E-state index < -0.39 is 5.91 Å². The molecule has 0 radical (unpaired) electrons. The molecule has 0 spiro atoms. The second-order valence-corrected chi connectivity index (χ2v) is 2.54. The van der Waals surface area contributed by atoms with Crippen LogP contribution in [-0.2, 0) is 14.4 Å². The van der Waals surface area contributed by atoms with Crippen molar-refractivity contribution in [3.63, 3.8) is 0 Å². The first kappa shape index (κ1) is 16.8. The molecule has 0 atom stereocenters. The van der Waals surface area contributed by atoms with Crippen molar-refractivity contribution in [1.82, 2.24) is 5.48 Å². The van der Waals surface area contributed by atoms with Crippen LogP contribution in [0.4, 0.5) is 0 Å². The molecule has 0 heterocycles. The SMILES string of the molecule is C=C(CCO)C(N)=O.C=CC(=O)NOCC. The Hall–Kier alpha value is -1.66. The number of aliphatic hydroxyl groups is 1. The molecule has 0 saturated heterocycles. The Morgan fingerprint density at radius 3 is 2.38 bits per heavy atom. The van der Waals surface area contributed by atoms with Crippen molar-refractivity contribution >= 4 is 11.8 Å². The predicted octanol–water partition coefficient (Wildman–Crippen LogP) is -0.350. The molecule has 0 aliphatic heterocycles. The normalized spacial score (nSPS) is 8.38. The molecule has 6 nitrogen and oxygen atoms in total. The minimum absolute atomic E-state index is 0.0677. The molecule has 0 unspecified atom stereocenters. The maximum Gasteiger partial charge on any atom is 0.266 e. The number of nitrogens with one attached hydrogen (secondary N) is 1. The molecule has 0 rings (SSSR count). The molecule has 4 N–H and O–H groups in total. The summed E-state index contributed by atoms with van der Waals surface area (Å²) in [5, 5.41) is 8.22. The quantitative estimate of drug-likeness (QED) is 0.428. The molecule has 0 saturated carbocycles. The summed E-state index contributed by atoms with van der Waals surface area (Å²) >= 11 is 0. The van der Waals surface area contributed by atoms with Gasteiger partial charge in [-0.25, -0.2) is 5.48 Å². The van der Waals surface area contributed by atoms with Gasteiger partial charge in [0.2, 0.25) is 5.91 Å². The molecular weight excluding hydrogens is 212 g/mol. The molecule has 0 aliphatic rings. The lowest BCUT2D eigenvalue weighted by Crippen LogP contribution is -2.20. The second kappa shape index (κ2) is 11.4. The van der Waals surface area contributed by atoms with Gasteiger partial charge in [-0.3, -0.25) is 14.4 Å². The number of hydrogen-bond acceptors (Lipinski definition) is 4. The van der Waals surface area contributed by atoms with E-state index in [0.717, 1.165) is 6.08 Å². The lowest BCUT2D eigenvalue weighted by atomic mass is 10.2. The van der Waals surface area contributed by atoms with Gasteiger partial charge in [-0.2, -0.15) is 0 Å². The number of amides is 2. The van der Waals surface area contributed by atoms with Gasteiger partial charge in [0.25, 0.3) is 5.91 Å². The van der Waals surface area contributed by atoms with Crippen LogP contribution in [0.2, 0.25) is 0 Å². The fraction of sp³-hybridized carbons (Fsp3) is 0.400. The number of rotatable bonds is 6. The zero-order valence-electron chi connectivity index (χ0n) is 9.36. The van der Waals surface area contributed by atoms with Crippen molar-refractivity contribution < 1.29 is 19.5 Å². The number of carbonyl (C=O) groups is 2. The van der Waals surface area contributed by atoms with E-state index in [1.165, 1.54) is 0 Å². The first-order chi connectivity index (χ1) is 7.49. The Kier molecular flexibility index (Phi) is 12.0. The van der Waals surface area contributed by atoms with E-state index in [9.17, 15) is 9.59 Å². The topological polar surface area (TPSA) is 102 Å². The number of nitrogens with two attached hydrogens (primary N) is 1. The number of carbonyl (C=O) groups excluding carboxylic acids is 2. The highest BCUT2D eigenvalue weighted by Gasteiger charge is 1.97. The standard InChI is InChI=1S/2C5H9NO2/c1-4(2-3-7)5(6)8;1-3-5(7)6-8-4-2/h7H,1-3H2,(H2,6,8);3H,1,4H2,2H3,(H,6,7). The molecule has 6 heteroatoms. The summed E-state index contributed by atoms with van der Waals surface area (Å²) in [6.45, 7) is 8.72. The third-order valence-corrected chi connectivity index (χ3v) is 1.26. The van der Waals surface area contributed by atoms with Gasteiger partial charge >= 0.3 is 0 Å². The van der Waals surface area contributed by atoms with Crippen molar-refractivity contribution in [3.8, 4) is 0 Å². The number of aliphatic hydroxyl groups excluding tert-OH is 1. The Labute approximate surface area is 94.7 Å². The molecule has 0 aromatic rings. The minimum Gasteiger partial charge on any atom is -0.396 e. The zero-order valence-corrected chi connectivity index (χ0v) is 9.36. The van der Waals surface area contributed by atoms with Gasteiger partial charge in [-0.05, 0) is 13.0 Å². The molecule has 0 aliphatic carbocycles. The number of primary amides is 1. The van der Waals surface area contributed by atoms with Crippen molar-refractivity contribution in [3.05, 3.63) is 24.8 Å². The molecular formula is C10H18N2O4. The van der Waals surface area contributed by atoms with Crippen LogP contribution in [0.1, 0.15) is 13.3 Å². The van der Waals surface area contributed by atoms with Crippen LogP contribution in [0.15, 0.2) is 24.8 Å². The molecule has 0 aromatic carbocycles. The van der Waals surface area contributed by atoms with Gasteiger partial charge in [-0.15, -0.1) is 0 Å². The van der Waals surface area contributed by atoms with E-state index in [4.69, 9.17) is 10.8 Å². The minimum atomic E-state index is -0.543. The van der Waals surface area contributed by atoms with E-state index in [1.807, 2.05) is 0 Å². The average molecular weight is 230 g/mol. The van der Waals surface area contributed by atoms with Gasteiger partial charge in [0.15, 0.2) is 0 Å². The fourth-order valence-corrected chi connectivity index (χ4v) is 0.443. The largest absolute Gasteiger partial charge is 0.396 e. The van der Waals surface area contributed by atoms with Gasteiger partial charge in [-0.1, -0.05) is 13.2 Å². The van der Waals surface area contributed by atoms with Crippen LogP contribution in [0.25, 0.3) is 0 Å². The molecule has 0 bridgehead atoms. The van der Waals surface area contributed by atoms with Crippen LogP contribution < -0.4 is 11.2 Å². The van der Waals surface area contributed by atoms with Gasteiger partial charge in [0.1, 0.15) is 0 Å². The lowest BCUT2D eigenvalue weighted by Gasteiger charge is -1.96. The number of hydroxylamine groups is 1. The fourth-order valence-electron chi connectivity index (χ4n) is 0.443. The van der Waals surface area contributed by atoms with E-state index in [0.29, 0.717) is 6.61 Å². The molecule has 2 amide bonds. The van der Waals surface area contributed by atoms with Crippen LogP contribution in [0.5, 0.6) is 0 Å². The van der Waals surface area contributed by atoms with Crippen LogP contribution in [-0.4, -0.2) is 30.1 Å². The molecule has 0 fully saturated rings. The Balaban J connectivity index is 0. The first-order valence-corrected chi connectivity index (χ1v) is 4.62. The summed E-state index contributed by atoms with van der Waals surface area (Å²) in [5.74, 6) is -0.856. The van der Waals surface area contributed by atoms with E-state index in [1.54, 1.807) is 6.92 Å². The summed E-state index contributed by atoms with van der Waals surface area (Å²) in [7, 11) is 0. The third kappa shape index (κ3) is 12.3. The highest BCUT2D eigenvalue weighted by Crippen LogP contribution is 1.92. The van der Waals surface area contributed by atoms with Crippen molar-refractivity contribution in [2.24, 2.45) is 5.73 Å². The van der Waals surface area contributed by atoms with Crippen LogP contribution in [0.3, 0.4) is 0 Å². The van der Waals surface area contributed by atoms with Crippen LogP contribution in [0, 0.1) is 0 Å². The highest BCUT2D eigenvalue weighted by molar-refractivity contribution is 5.91. The smallest absolute Gasteiger partial charge is 0.266 e. The Morgan fingerprint density at radius 2 is 2.12 bits per heavy atom. The van der Waals surface area contributed by atoms with E-state index >= 15 is 0 Å². The second-order valence-electron chi connectivity index (χ2n) is 2.54. The first-order valence-electron chi connectivity index (χ1n) is 4.62. The maximum atomic E-state index is 10.2. The summed E-state index contributed by atoms with van der Waals surface area (Å²) in [6.07, 6.45) is 1.42. The number of hydrogen-bond donors (Lipinski definition) is 3. The summed E-state index contributed by atoms with van der Waals surface area (Å²) < 4.78 is 0. The maximum absolute atomic E-state index is 10.2. The third-order valence-electron chi connectivity index (χ3n) is 1.26. The molecule has 16 heavy (non-hydrogen) atoms. The summed E-state index contributed by atoms with van der Waals surface area (Å²) in [6, 6.07) is 0. The molecule has 92 valence electrons. The van der Waals surface area contributed by atoms with E-state index in [-0.39, 0.29) is 24.5 Å². The molecule has 0 aromatic heterocycles. The monoisotopic (exact) mass is 230 g/mol. The Bertz CT molecular complexity index is 249. The van der Waals surface area contributed by atoms with Gasteiger partial charge < -0.3 is 10.8 Å². The predicted molar refractivity (Wildman–Crippen MR) is 60.0 cm³/mol. The van der Waals surface area contributed by atoms with Gasteiger partial charge in [0.05, 0.1) is 6.61 Å². The average Bonchev–Trinajstić information content (AvgIpc) is 2.27. The van der Waals surface area contributed by atoms with Crippen molar-refractivity contribution in [1.29, 1.82) is 0 Å². The van der Waals surface area contributed by atoms with Crippen molar-refractivity contribution in [2.75, 3.05) is 13.2 Å². The highest BCUT2D eigenvalue weighted by atomic mass is 16.6. The van der Waals surface area contributed by atoms with Crippen LogP contribution >= 0.6 is 0 Å². The lowest BCUT2D eigenvalue weighted by molar-refractivity contribution is -0.128. The zero-order chi connectivity index (χ0) is 13.0. The summed E-state index contributed by atoms with van der Waals surface area (Å²) in [5.41, 5.74) is 7.17.